The van der Waals surface area contributed by atoms with Gasteiger partial charge in [-0.25, -0.2) is 5.84 Å². The van der Waals surface area contributed by atoms with E-state index < -0.39 is 0 Å². The Balaban J connectivity index is 2.18. The lowest BCUT2D eigenvalue weighted by atomic mass is 10.1. The second-order valence-electron chi connectivity index (χ2n) is 4.51. The van der Waals surface area contributed by atoms with E-state index in [0.717, 1.165) is 18.4 Å². The van der Waals surface area contributed by atoms with E-state index in [2.05, 4.69) is 5.43 Å². The third kappa shape index (κ3) is 3.60. The van der Waals surface area contributed by atoms with Crippen molar-refractivity contribution < 1.29 is 0 Å². The maximum atomic E-state index is 6.13. The van der Waals surface area contributed by atoms with Crippen LogP contribution < -0.4 is 11.3 Å². The van der Waals surface area contributed by atoms with Crippen molar-refractivity contribution in [2.75, 3.05) is 0 Å². The van der Waals surface area contributed by atoms with Crippen LogP contribution >= 0.6 is 34.5 Å². The fourth-order valence-electron chi connectivity index (χ4n) is 2.26. The van der Waals surface area contributed by atoms with Crippen LogP contribution in [0.15, 0.2) is 11.1 Å². The largest absolute Gasteiger partial charge is 0.308 e. The standard InChI is InChI=1S/C12H17Cl2N3S/c13-10-7-9(11(14)18-10)12(17-15)16-8-5-3-1-2-4-6-8/h7-8H,1-6,15H2,(H,16,17). The van der Waals surface area contributed by atoms with Gasteiger partial charge in [-0.15, -0.1) is 11.3 Å². The molecule has 3 N–H and O–H groups in total. The Morgan fingerprint density at radius 1 is 1.28 bits per heavy atom. The smallest absolute Gasteiger partial charge is 0.145 e. The summed E-state index contributed by atoms with van der Waals surface area (Å²) in [7, 11) is 0. The summed E-state index contributed by atoms with van der Waals surface area (Å²) in [6.07, 6.45) is 7.35. The van der Waals surface area contributed by atoms with Crippen molar-refractivity contribution >= 4 is 40.4 Å². The molecule has 1 fully saturated rings. The van der Waals surface area contributed by atoms with E-state index >= 15 is 0 Å². The molecule has 0 amide bonds. The summed E-state index contributed by atoms with van der Waals surface area (Å²) in [6, 6.07) is 2.15. The van der Waals surface area contributed by atoms with Gasteiger partial charge in [-0.2, -0.15) is 0 Å². The number of hydrogen-bond acceptors (Lipinski definition) is 3. The lowest BCUT2D eigenvalue weighted by Gasteiger charge is -2.12. The van der Waals surface area contributed by atoms with E-state index in [1.54, 1.807) is 0 Å². The molecule has 1 heterocycles. The predicted molar refractivity (Wildman–Crippen MR) is 79.7 cm³/mol. The number of hydrazine groups is 1. The highest BCUT2D eigenvalue weighted by Gasteiger charge is 2.16. The van der Waals surface area contributed by atoms with Crippen LogP contribution in [0.4, 0.5) is 0 Å². The number of nitrogens with zero attached hydrogens (tertiary/aromatic N) is 1. The molecule has 1 aromatic rings. The molecule has 3 nitrogen and oxygen atoms in total. The number of hydrogen-bond donors (Lipinski definition) is 2. The van der Waals surface area contributed by atoms with Gasteiger partial charge in [0.15, 0.2) is 0 Å². The molecule has 0 aliphatic heterocycles. The molecule has 1 aromatic heterocycles. The van der Waals surface area contributed by atoms with Crippen LogP contribution in [0, 0.1) is 0 Å². The van der Waals surface area contributed by atoms with Crippen LogP contribution in [0.5, 0.6) is 0 Å². The topological polar surface area (TPSA) is 50.4 Å². The zero-order valence-electron chi connectivity index (χ0n) is 10.1. The maximum absolute atomic E-state index is 6.13. The number of halogens is 2. The molecule has 0 spiro atoms. The van der Waals surface area contributed by atoms with Crippen molar-refractivity contribution in [2.24, 2.45) is 10.8 Å². The molecule has 1 saturated carbocycles. The first-order valence-electron chi connectivity index (χ1n) is 6.20. The predicted octanol–water partition coefficient (Wildman–Crippen LogP) is 3.99. The van der Waals surface area contributed by atoms with Crippen LogP contribution in [0.1, 0.15) is 44.1 Å². The minimum Gasteiger partial charge on any atom is -0.308 e. The summed E-state index contributed by atoms with van der Waals surface area (Å²) in [4.78, 5) is 4.70. The lowest BCUT2D eigenvalue weighted by Crippen LogP contribution is -2.32. The zero-order valence-corrected chi connectivity index (χ0v) is 12.4. The van der Waals surface area contributed by atoms with Crippen molar-refractivity contribution in [3.05, 3.63) is 20.3 Å². The fraction of sp³-hybridized carbons (Fsp3) is 0.583. The molecule has 100 valence electrons. The molecule has 1 aliphatic rings. The lowest BCUT2D eigenvalue weighted by molar-refractivity contribution is 0.583. The van der Waals surface area contributed by atoms with Crippen molar-refractivity contribution in [3.63, 3.8) is 0 Å². The summed E-state index contributed by atoms with van der Waals surface area (Å²) in [6.45, 7) is 0. The number of nitrogens with one attached hydrogen (secondary N) is 1. The van der Waals surface area contributed by atoms with Crippen LogP contribution in [-0.4, -0.2) is 11.9 Å². The number of amidine groups is 1. The normalized spacial score (nSPS) is 18.7. The summed E-state index contributed by atoms with van der Waals surface area (Å²) < 4.78 is 1.28. The number of thiophene rings is 1. The van der Waals surface area contributed by atoms with Gasteiger partial charge in [0, 0.05) is 5.56 Å². The SMILES string of the molecule is NNC(=NC1CCCCCC1)c1cc(Cl)sc1Cl. The molecule has 1 aliphatic carbocycles. The molecule has 2 rings (SSSR count). The Kier molecular flexibility index (Phi) is 5.30. The Labute approximate surface area is 121 Å². The monoisotopic (exact) mass is 305 g/mol. The van der Waals surface area contributed by atoms with E-state index in [9.17, 15) is 0 Å². The highest BCUT2D eigenvalue weighted by molar-refractivity contribution is 7.20. The molecular formula is C12H17Cl2N3S. The van der Waals surface area contributed by atoms with Crippen molar-refractivity contribution in [1.82, 2.24) is 5.43 Å². The summed E-state index contributed by atoms with van der Waals surface area (Å²) >= 11 is 13.4. The molecule has 0 saturated heterocycles. The minimum absolute atomic E-state index is 0.341. The average Bonchev–Trinajstić information content (AvgIpc) is 2.57. The average molecular weight is 306 g/mol. The second kappa shape index (κ2) is 6.75. The molecule has 6 heteroatoms. The van der Waals surface area contributed by atoms with Crippen LogP contribution in [0.25, 0.3) is 0 Å². The minimum atomic E-state index is 0.341. The Morgan fingerprint density at radius 3 is 2.44 bits per heavy atom. The molecular weight excluding hydrogens is 289 g/mol. The Hall–Kier alpha value is -0.290. The van der Waals surface area contributed by atoms with E-state index in [4.69, 9.17) is 34.0 Å². The number of aliphatic imine (C=N–C) groups is 1. The van der Waals surface area contributed by atoms with Gasteiger partial charge in [0.05, 0.1) is 10.4 Å². The first-order chi connectivity index (χ1) is 8.70. The molecule has 0 radical (unpaired) electrons. The number of rotatable bonds is 2. The summed E-state index contributed by atoms with van der Waals surface area (Å²) in [5, 5.41) is 0. The van der Waals surface area contributed by atoms with Gasteiger partial charge in [-0.1, -0.05) is 48.9 Å². The Morgan fingerprint density at radius 2 is 1.94 bits per heavy atom. The quantitative estimate of drug-likeness (QED) is 0.285. The van der Waals surface area contributed by atoms with Gasteiger partial charge in [-0.3, -0.25) is 4.99 Å². The fourth-order valence-corrected chi connectivity index (χ4v) is 3.72. The van der Waals surface area contributed by atoms with Crippen LogP contribution in [0.3, 0.4) is 0 Å². The highest BCUT2D eigenvalue weighted by atomic mass is 35.5. The van der Waals surface area contributed by atoms with Gasteiger partial charge < -0.3 is 5.43 Å². The van der Waals surface area contributed by atoms with Crippen molar-refractivity contribution in [2.45, 2.75) is 44.6 Å². The third-order valence-corrected chi connectivity index (χ3v) is 4.67. The molecule has 18 heavy (non-hydrogen) atoms. The van der Waals surface area contributed by atoms with E-state index in [-0.39, 0.29) is 0 Å². The van der Waals surface area contributed by atoms with Gasteiger partial charge in [0.1, 0.15) is 10.2 Å². The number of nitrogens with two attached hydrogens (primary N) is 1. The van der Waals surface area contributed by atoms with E-state index in [1.807, 2.05) is 6.07 Å². The molecule has 0 bridgehead atoms. The Bertz CT molecular complexity index is 423. The summed E-state index contributed by atoms with van der Waals surface area (Å²) in [5.74, 6) is 6.21. The maximum Gasteiger partial charge on any atom is 0.145 e. The molecule has 0 unspecified atom stereocenters. The van der Waals surface area contributed by atoms with E-state index in [1.165, 1.54) is 37.0 Å². The van der Waals surface area contributed by atoms with E-state index in [0.29, 0.717) is 20.6 Å². The second-order valence-corrected chi connectivity index (χ2v) is 6.79. The van der Waals surface area contributed by atoms with Crippen molar-refractivity contribution in [3.8, 4) is 0 Å². The van der Waals surface area contributed by atoms with Crippen LogP contribution in [-0.2, 0) is 0 Å². The van der Waals surface area contributed by atoms with Gasteiger partial charge in [0.2, 0.25) is 0 Å². The highest BCUT2D eigenvalue weighted by Crippen LogP contribution is 2.31. The van der Waals surface area contributed by atoms with Crippen molar-refractivity contribution in [1.29, 1.82) is 0 Å². The van der Waals surface area contributed by atoms with Gasteiger partial charge in [0.25, 0.3) is 0 Å². The molecule has 0 atom stereocenters. The van der Waals surface area contributed by atoms with Gasteiger partial charge in [-0.05, 0) is 18.9 Å². The third-order valence-electron chi connectivity index (χ3n) is 3.18. The molecule has 0 aromatic carbocycles. The first-order valence-corrected chi connectivity index (χ1v) is 7.77. The van der Waals surface area contributed by atoms with Crippen LogP contribution in [0.2, 0.25) is 8.67 Å². The summed E-state index contributed by atoms with van der Waals surface area (Å²) in [5.41, 5.74) is 3.46. The first kappa shape index (κ1) is 14.1. The zero-order chi connectivity index (χ0) is 13.0. The van der Waals surface area contributed by atoms with Gasteiger partial charge >= 0.3 is 0 Å².